The van der Waals surface area contributed by atoms with Crippen molar-refractivity contribution in [3.05, 3.63) is 40.9 Å². The number of benzene rings is 1. The predicted octanol–water partition coefficient (Wildman–Crippen LogP) is 4.10. The zero-order valence-corrected chi connectivity index (χ0v) is 11.6. The molecule has 0 unspecified atom stereocenters. The Hall–Kier alpha value is -1.94. The van der Waals surface area contributed by atoms with E-state index in [1.165, 1.54) is 22.9 Å². The molecule has 0 spiro atoms. The van der Waals surface area contributed by atoms with Gasteiger partial charge in [0.1, 0.15) is 0 Å². The van der Waals surface area contributed by atoms with Crippen LogP contribution in [0.5, 0.6) is 0 Å². The van der Waals surface area contributed by atoms with Crippen LogP contribution in [0, 0.1) is 5.92 Å². The third kappa shape index (κ3) is 1.88. The molecule has 1 saturated carbocycles. The molecule has 0 amide bonds. The van der Waals surface area contributed by atoms with Crippen LogP contribution in [0.3, 0.4) is 0 Å². The molecule has 20 heavy (non-hydrogen) atoms. The highest BCUT2D eigenvalue weighted by atomic mass is 32.1. The largest absolute Gasteiger partial charge is 0.478 e. The second-order valence-corrected chi connectivity index (χ2v) is 6.32. The number of fused-ring (bicyclic) bond motifs is 3. The molecule has 2 heterocycles. The monoisotopic (exact) mass is 283 g/mol. The van der Waals surface area contributed by atoms with Crippen molar-refractivity contribution in [3.63, 3.8) is 0 Å². The lowest BCUT2D eigenvalue weighted by atomic mass is 10.1. The molecule has 100 valence electrons. The fourth-order valence-electron chi connectivity index (χ4n) is 2.65. The highest BCUT2D eigenvalue weighted by Crippen LogP contribution is 2.37. The lowest BCUT2D eigenvalue weighted by molar-refractivity contribution is 0.0697. The number of hydrogen-bond donors (Lipinski definition) is 1. The first-order valence-electron chi connectivity index (χ1n) is 6.75. The van der Waals surface area contributed by atoms with E-state index >= 15 is 0 Å². The van der Waals surface area contributed by atoms with E-state index in [1.54, 1.807) is 23.5 Å². The number of aromatic nitrogens is 1. The summed E-state index contributed by atoms with van der Waals surface area (Å²) in [6, 6.07) is 7.36. The molecule has 4 rings (SSSR count). The summed E-state index contributed by atoms with van der Waals surface area (Å²) in [6.07, 6.45) is 3.60. The van der Waals surface area contributed by atoms with E-state index in [4.69, 9.17) is 10.1 Å². The summed E-state index contributed by atoms with van der Waals surface area (Å²) in [5, 5.41) is 13.5. The van der Waals surface area contributed by atoms with Crippen LogP contribution in [0.25, 0.3) is 21.0 Å². The summed E-state index contributed by atoms with van der Waals surface area (Å²) in [5.41, 5.74) is 2.23. The third-order valence-electron chi connectivity index (χ3n) is 3.90. The predicted molar refractivity (Wildman–Crippen MR) is 80.5 cm³/mol. The van der Waals surface area contributed by atoms with Crippen LogP contribution in [-0.2, 0) is 6.42 Å². The maximum atomic E-state index is 11.1. The Morgan fingerprint density at radius 2 is 2.15 bits per heavy atom. The second-order valence-electron chi connectivity index (χ2n) is 5.41. The third-order valence-corrected chi connectivity index (χ3v) is 4.85. The van der Waals surface area contributed by atoms with Gasteiger partial charge in [0, 0.05) is 15.5 Å². The van der Waals surface area contributed by atoms with E-state index in [1.807, 2.05) is 6.07 Å². The van der Waals surface area contributed by atoms with Gasteiger partial charge in [-0.25, -0.2) is 4.79 Å². The zero-order valence-electron chi connectivity index (χ0n) is 10.8. The van der Waals surface area contributed by atoms with Crippen molar-refractivity contribution in [1.29, 1.82) is 0 Å². The van der Waals surface area contributed by atoms with Gasteiger partial charge in [-0.15, -0.1) is 11.3 Å². The minimum atomic E-state index is -0.899. The summed E-state index contributed by atoms with van der Waals surface area (Å²) in [5.74, 6) is -0.130. The summed E-state index contributed by atoms with van der Waals surface area (Å²) in [4.78, 5) is 15.8. The van der Waals surface area contributed by atoms with E-state index in [9.17, 15) is 4.79 Å². The zero-order chi connectivity index (χ0) is 13.7. The molecule has 0 bridgehead atoms. The van der Waals surface area contributed by atoms with Gasteiger partial charge in [0.05, 0.1) is 16.8 Å². The average Bonchev–Trinajstić information content (AvgIpc) is 3.11. The van der Waals surface area contributed by atoms with Crippen molar-refractivity contribution in [1.82, 2.24) is 4.98 Å². The minimum Gasteiger partial charge on any atom is -0.478 e. The standard InChI is InChI=1S/C16H13NO2S/c18-16(19)10-3-4-11-14(8-10)17-13(7-9-1-2-9)12-5-6-20-15(11)12/h3-6,8-9H,1-2,7H2,(H,18,19). The molecule has 1 fully saturated rings. The van der Waals surface area contributed by atoms with Crippen molar-refractivity contribution in [2.45, 2.75) is 19.3 Å². The van der Waals surface area contributed by atoms with Gasteiger partial charge in [-0.05, 0) is 48.8 Å². The summed E-state index contributed by atoms with van der Waals surface area (Å²) in [7, 11) is 0. The van der Waals surface area contributed by atoms with E-state index in [2.05, 4.69) is 11.4 Å². The van der Waals surface area contributed by atoms with Crippen LogP contribution >= 0.6 is 11.3 Å². The molecule has 0 radical (unpaired) electrons. The number of carboxylic acids is 1. The van der Waals surface area contributed by atoms with E-state index in [0.717, 1.165) is 28.9 Å². The molecule has 0 atom stereocenters. The number of hydrogen-bond acceptors (Lipinski definition) is 3. The van der Waals surface area contributed by atoms with E-state index in [-0.39, 0.29) is 0 Å². The molecule has 3 nitrogen and oxygen atoms in total. The molecule has 0 aliphatic heterocycles. The Morgan fingerprint density at radius 1 is 1.30 bits per heavy atom. The van der Waals surface area contributed by atoms with Crippen molar-refractivity contribution in [3.8, 4) is 0 Å². The lowest BCUT2D eigenvalue weighted by Crippen LogP contribution is -1.98. The maximum Gasteiger partial charge on any atom is 0.335 e. The van der Waals surface area contributed by atoms with Gasteiger partial charge >= 0.3 is 5.97 Å². The molecule has 2 aromatic heterocycles. The fourth-order valence-corrected chi connectivity index (χ4v) is 3.60. The number of pyridine rings is 1. The van der Waals surface area contributed by atoms with Crippen LogP contribution in [0.1, 0.15) is 28.9 Å². The Labute approximate surface area is 119 Å². The number of thiophene rings is 1. The van der Waals surface area contributed by atoms with Gasteiger partial charge in [-0.2, -0.15) is 0 Å². The van der Waals surface area contributed by atoms with Gasteiger partial charge in [0.15, 0.2) is 0 Å². The summed E-state index contributed by atoms with van der Waals surface area (Å²) < 4.78 is 1.22. The van der Waals surface area contributed by atoms with Crippen molar-refractivity contribution in [2.75, 3.05) is 0 Å². The normalized spacial score (nSPS) is 15.0. The molecule has 1 aliphatic carbocycles. The average molecular weight is 283 g/mol. The van der Waals surface area contributed by atoms with E-state index < -0.39 is 5.97 Å². The van der Waals surface area contributed by atoms with Crippen molar-refractivity contribution < 1.29 is 9.90 Å². The molecule has 4 heteroatoms. The number of carbonyl (C=O) groups is 1. The number of aromatic carboxylic acids is 1. The minimum absolute atomic E-state index is 0.304. The molecule has 1 aromatic carbocycles. The van der Waals surface area contributed by atoms with E-state index in [0.29, 0.717) is 5.56 Å². The molecule has 1 aliphatic rings. The number of nitrogens with zero attached hydrogens (tertiary/aromatic N) is 1. The smallest absolute Gasteiger partial charge is 0.335 e. The maximum absolute atomic E-state index is 11.1. The van der Waals surface area contributed by atoms with Gasteiger partial charge in [-0.3, -0.25) is 4.98 Å². The molecule has 1 N–H and O–H groups in total. The van der Waals surface area contributed by atoms with Crippen LogP contribution in [-0.4, -0.2) is 16.1 Å². The summed E-state index contributed by atoms with van der Waals surface area (Å²) >= 11 is 1.71. The second kappa shape index (κ2) is 4.28. The highest BCUT2D eigenvalue weighted by molar-refractivity contribution is 7.18. The topological polar surface area (TPSA) is 50.2 Å². The van der Waals surface area contributed by atoms with Crippen molar-refractivity contribution in [2.24, 2.45) is 5.92 Å². The van der Waals surface area contributed by atoms with Crippen molar-refractivity contribution >= 4 is 38.3 Å². The van der Waals surface area contributed by atoms with Gasteiger partial charge < -0.3 is 5.11 Å². The molecule has 0 saturated heterocycles. The SMILES string of the molecule is O=C(O)c1ccc2c(c1)nc(CC1CC1)c1ccsc12. The Kier molecular flexibility index (Phi) is 2.54. The first-order chi connectivity index (χ1) is 9.72. The highest BCUT2D eigenvalue weighted by Gasteiger charge is 2.24. The van der Waals surface area contributed by atoms with Crippen LogP contribution in [0.2, 0.25) is 0 Å². The first-order valence-corrected chi connectivity index (χ1v) is 7.63. The van der Waals surface area contributed by atoms with Gasteiger partial charge in [0.2, 0.25) is 0 Å². The molecular formula is C16H13NO2S. The Morgan fingerprint density at radius 3 is 2.90 bits per heavy atom. The summed E-state index contributed by atoms with van der Waals surface area (Å²) in [6.45, 7) is 0. The first kappa shape index (κ1) is 11.9. The van der Waals surface area contributed by atoms with Crippen LogP contribution in [0.15, 0.2) is 29.6 Å². The van der Waals surface area contributed by atoms with Gasteiger partial charge in [-0.1, -0.05) is 6.07 Å². The lowest BCUT2D eigenvalue weighted by Gasteiger charge is -2.06. The van der Waals surface area contributed by atoms with Gasteiger partial charge in [0.25, 0.3) is 0 Å². The number of carboxylic acid groups (broad SMARTS) is 1. The van der Waals surface area contributed by atoms with Crippen LogP contribution in [0.4, 0.5) is 0 Å². The number of rotatable bonds is 3. The quantitative estimate of drug-likeness (QED) is 0.787. The molecular weight excluding hydrogens is 270 g/mol. The Balaban J connectivity index is 1.99. The fraction of sp³-hybridized carbons (Fsp3) is 0.250. The van der Waals surface area contributed by atoms with Crippen LogP contribution < -0.4 is 0 Å². The molecule has 3 aromatic rings. The Bertz CT molecular complexity index is 833.